The summed E-state index contributed by atoms with van der Waals surface area (Å²) in [6, 6.07) is 7.82. The maximum absolute atomic E-state index is 13.5. The first-order valence-electron chi connectivity index (χ1n) is 14.2. The molecule has 10 nitrogen and oxygen atoms in total. The molecule has 0 radical (unpaired) electrons. The number of nitrogens with zero attached hydrogens (tertiary/aromatic N) is 1. The molecule has 0 aromatic heterocycles. The van der Waals surface area contributed by atoms with Gasteiger partial charge in [-0.3, -0.25) is 15.0 Å². The van der Waals surface area contributed by atoms with Gasteiger partial charge >= 0.3 is 12.1 Å². The number of methoxy groups -OCH3 is 2. The molecule has 1 amide bonds. The number of sulfone groups is 1. The minimum absolute atomic E-state index is 0.115. The van der Waals surface area contributed by atoms with Gasteiger partial charge in [-0.05, 0) is 37.8 Å². The first kappa shape index (κ1) is 30.2. The summed E-state index contributed by atoms with van der Waals surface area (Å²) in [5, 5.41) is 3.52. The summed E-state index contributed by atoms with van der Waals surface area (Å²) in [4.78, 5) is 28.2. The van der Waals surface area contributed by atoms with Gasteiger partial charge in [-0.2, -0.15) is 0 Å². The van der Waals surface area contributed by atoms with E-state index in [1.165, 1.54) is 13.4 Å². The molecule has 1 aromatic rings. The summed E-state index contributed by atoms with van der Waals surface area (Å²) in [5.74, 6) is -0.767. The van der Waals surface area contributed by atoms with Crippen LogP contribution in [-0.4, -0.2) is 84.8 Å². The minimum Gasteiger partial charge on any atom is -0.465 e. The molecule has 12 heteroatoms. The molecular weight excluding hydrogens is 564 g/mol. The van der Waals surface area contributed by atoms with E-state index >= 15 is 0 Å². The molecule has 226 valence electrons. The Hall–Kier alpha value is -2.25. The number of para-hydroxylation sites is 1. The molecule has 1 saturated heterocycles. The summed E-state index contributed by atoms with van der Waals surface area (Å²) in [6.45, 7) is 7.14. The second-order valence-corrected chi connectivity index (χ2v) is 21.0. The van der Waals surface area contributed by atoms with Gasteiger partial charge in [0.15, 0.2) is 6.29 Å². The second-order valence-electron chi connectivity index (χ2n) is 13.1. The zero-order chi connectivity index (χ0) is 29.8. The van der Waals surface area contributed by atoms with Crippen molar-refractivity contribution in [2.45, 2.75) is 80.4 Å². The van der Waals surface area contributed by atoms with Gasteiger partial charge in [0.25, 0.3) is 0 Å². The van der Waals surface area contributed by atoms with Gasteiger partial charge in [-0.15, -0.1) is 0 Å². The van der Waals surface area contributed by atoms with Crippen LogP contribution >= 0.6 is 0 Å². The zero-order valence-electron chi connectivity index (χ0n) is 24.8. The quantitative estimate of drug-likeness (QED) is 0.269. The lowest BCUT2D eigenvalue weighted by molar-refractivity contribution is -0.172. The van der Waals surface area contributed by atoms with Gasteiger partial charge in [0.05, 0.1) is 30.7 Å². The Morgan fingerprint density at radius 2 is 1.90 bits per heavy atom. The number of ether oxygens (including phenoxy) is 4. The molecule has 1 N–H and O–H groups in total. The van der Waals surface area contributed by atoms with E-state index in [2.05, 4.69) is 25.0 Å². The SMILES string of the molecule is COC(=O)N1c2ccccc2[C@@]2(CCS(C)(=O)=O)O[C@@H](OC)[C@@H]3CC4(C=CC(C(=O)OCC[Si](C)(C)C)N4)CC[C@]312. The summed E-state index contributed by atoms with van der Waals surface area (Å²) < 4.78 is 48.5. The number of rotatable bonds is 8. The number of nitrogens with one attached hydrogen (secondary N) is 1. The maximum Gasteiger partial charge on any atom is 0.414 e. The number of anilines is 1. The standard InChI is InChI=1S/C29H42N2O8SSi/c1-36-25-21-19-27(12-11-22(30-27)24(32)38-16-18-41(4,5)6)13-14-28(21)29(39-25,15-17-40(3,34)35)20-9-7-8-10-23(20)31(28)26(33)37-2/h7-12,21-22,25,30H,13-19H2,1-6H3/t21-,22?,25+,27?,28+,29+/m0/s1. The van der Waals surface area contributed by atoms with Crippen molar-refractivity contribution in [1.29, 1.82) is 0 Å². The van der Waals surface area contributed by atoms with Crippen LogP contribution in [0.1, 0.15) is 31.2 Å². The average molecular weight is 607 g/mol. The highest BCUT2D eigenvalue weighted by Gasteiger charge is 2.76. The molecule has 1 saturated carbocycles. The average Bonchev–Trinajstić information content (AvgIpc) is 3.51. The third kappa shape index (κ3) is 5.05. The van der Waals surface area contributed by atoms with Crippen LogP contribution in [0.2, 0.25) is 25.7 Å². The van der Waals surface area contributed by atoms with E-state index in [1.807, 2.05) is 36.4 Å². The number of amides is 1. The third-order valence-electron chi connectivity index (χ3n) is 9.29. The van der Waals surface area contributed by atoms with Crippen molar-refractivity contribution < 1.29 is 37.0 Å². The number of carbonyl (C=O) groups is 2. The normalized spacial score (nSPS) is 33.9. The van der Waals surface area contributed by atoms with E-state index in [1.54, 1.807) is 12.0 Å². The zero-order valence-corrected chi connectivity index (χ0v) is 26.6. The van der Waals surface area contributed by atoms with Crippen LogP contribution in [0.25, 0.3) is 0 Å². The van der Waals surface area contributed by atoms with Gasteiger partial charge in [0.2, 0.25) is 0 Å². The molecular formula is C29H42N2O8SSi. The van der Waals surface area contributed by atoms with Gasteiger partial charge < -0.3 is 18.9 Å². The highest BCUT2D eigenvalue weighted by Crippen LogP contribution is 2.68. The number of benzene rings is 1. The Morgan fingerprint density at radius 1 is 1.17 bits per heavy atom. The van der Waals surface area contributed by atoms with Gasteiger partial charge in [-0.25, -0.2) is 13.2 Å². The molecule has 5 rings (SSSR count). The molecule has 3 aliphatic heterocycles. The summed E-state index contributed by atoms with van der Waals surface area (Å²) in [7, 11) is -1.78. The van der Waals surface area contributed by atoms with Crippen LogP contribution in [0.3, 0.4) is 0 Å². The maximum atomic E-state index is 13.5. The monoisotopic (exact) mass is 606 g/mol. The fraction of sp³-hybridized carbons (Fsp3) is 0.655. The summed E-state index contributed by atoms with van der Waals surface area (Å²) in [6.07, 6.45) is 5.59. The van der Waals surface area contributed by atoms with Crippen molar-refractivity contribution in [3.05, 3.63) is 42.0 Å². The Labute approximate surface area is 243 Å². The van der Waals surface area contributed by atoms with E-state index in [9.17, 15) is 18.0 Å². The Morgan fingerprint density at radius 3 is 2.56 bits per heavy atom. The number of hydrogen-bond donors (Lipinski definition) is 1. The van der Waals surface area contributed by atoms with Crippen molar-refractivity contribution in [2.75, 3.05) is 37.7 Å². The van der Waals surface area contributed by atoms with E-state index < -0.39 is 53.0 Å². The third-order valence-corrected chi connectivity index (χ3v) is 11.9. The lowest BCUT2D eigenvalue weighted by Gasteiger charge is -2.53. The second kappa shape index (κ2) is 10.5. The van der Waals surface area contributed by atoms with Crippen LogP contribution in [0.4, 0.5) is 10.5 Å². The minimum atomic E-state index is -3.35. The summed E-state index contributed by atoms with van der Waals surface area (Å²) >= 11 is 0. The van der Waals surface area contributed by atoms with Gasteiger partial charge in [0, 0.05) is 38.5 Å². The molecule has 0 bridgehead atoms. The number of carbonyl (C=O) groups excluding carboxylic acids is 2. The van der Waals surface area contributed by atoms with Crippen molar-refractivity contribution in [3.8, 4) is 0 Å². The molecule has 41 heavy (non-hydrogen) atoms. The first-order chi connectivity index (χ1) is 19.2. The molecule has 1 aromatic carbocycles. The lowest BCUT2D eigenvalue weighted by atomic mass is 9.59. The predicted octanol–water partition coefficient (Wildman–Crippen LogP) is 3.59. The van der Waals surface area contributed by atoms with E-state index in [0.717, 1.165) is 11.6 Å². The molecule has 1 aliphatic carbocycles. The molecule has 2 fully saturated rings. The van der Waals surface area contributed by atoms with E-state index in [0.29, 0.717) is 31.6 Å². The summed E-state index contributed by atoms with van der Waals surface area (Å²) in [5.41, 5.74) is -1.20. The highest BCUT2D eigenvalue weighted by atomic mass is 32.2. The van der Waals surface area contributed by atoms with Crippen molar-refractivity contribution in [1.82, 2.24) is 5.32 Å². The molecule has 3 heterocycles. The molecule has 2 spiro atoms. The van der Waals surface area contributed by atoms with Crippen molar-refractivity contribution in [2.24, 2.45) is 5.92 Å². The van der Waals surface area contributed by atoms with Crippen LogP contribution in [0.15, 0.2) is 36.4 Å². The highest BCUT2D eigenvalue weighted by molar-refractivity contribution is 7.90. The smallest absolute Gasteiger partial charge is 0.414 e. The predicted molar refractivity (Wildman–Crippen MR) is 157 cm³/mol. The Balaban J connectivity index is 1.50. The van der Waals surface area contributed by atoms with Gasteiger partial charge in [0.1, 0.15) is 21.5 Å². The number of esters is 1. The number of fused-ring (bicyclic) bond motifs is 2. The molecule has 4 aliphatic rings. The first-order valence-corrected chi connectivity index (χ1v) is 20.0. The largest absolute Gasteiger partial charge is 0.465 e. The van der Waals surface area contributed by atoms with Crippen LogP contribution in [-0.2, 0) is 39.2 Å². The fourth-order valence-corrected chi connectivity index (χ4v) is 8.78. The lowest BCUT2D eigenvalue weighted by Crippen LogP contribution is -2.67. The van der Waals surface area contributed by atoms with E-state index in [4.69, 9.17) is 18.9 Å². The number of hydrogen-bond acceptors (Lipinski definition) is 9. The van der Waals surface area contributed by atoms with Crippen molar-refractivity contribution in [3.63, 3.8) is 0 Å². The topological polar surface area (TPSA) is 120 Å². The van der Waals surface area contributed by atoms with Crippen molar-refractivity contribution >= 4 is 35.7 Å². The van der Waals surface area contributed by atoms with Crippen LogP contribution < -0.4 is 10.2 Å². The van der Waals surface area contributed by atoms with Crippen LogP contribution in [0, 0.1) is 5.92 Å². The Kier molecular flexibility index (Phi) is 7.72. The molecule has 2 unspecified atom stereocenters. The fourth-order valence-electron chi connectivity index (χ4n) is 7.41. The van der Waals surface area contributed by atoms with E-state index in [-0.39, 0.29) is 24.1 Å². The van der Waals surface area contributed by atoms with Crippen LogP contribution in [0.5, 0.6) is 0 Å². The van der Waals surface area contributed by atoms with Gasteiger partial charge in [-0.1, -0.05) is 50.0 Å². The Bertz CT molecular complexity index is 1350. The molecule has 6 atom stereocenters.